The first kappa shape index (κ1) is 30.1. The highest BCUT2D eigenvalue weighted by molar-refractivity contribution is 5.91. The normalized spacial score (nSPS) is 12.8. The number of aromatic nitrogens is 1. The smallest absolute Gasteiger partial charge is 0.408 e. The van der Waals surface area contributed by atoms with Gasteiger partial charge < -0.3 is 25.1 Å². The number of hydrogen-bond acceptors (Lipinski definition) is 7. The van der Waals surface area contributed by atoms with Gasteiger partial charge in [0, 0.05) is 35.7 Å². The first-order valence-electron chi connectivity index (χ1n) is 13.2. The molecular formula is C29H36N4O7. The summed E-state index contributed by atoms with van der Waals surface area (Å²) in [5.74, 6) is -1.19. The van der Waals surface area contributed by atoms with Gasteiger partial charge >= 0.3 is 12.1 Å². The Balaban J connectivity index is 1.75. The molecule has 2 aromatic carbocycles. The average Bonchev–Trinajstić information content (AvgIpc) is 3.31. The Bertz CT molecular complexity index is 1330. The third kappa shape index (κ3) is 8.82. The minimum absolute atomic E-state index is 0.0677. The molecule has 1 aromatic heterocycles. The molecule has 0 fully saturated rings. The van der Waals surface area contributed by atoms with Crippen LogP contribution < -0.4 is 10.6 Å². The fourth-order valence-corrected chi connectivity index (χ4v) is 4.08. The number of nitro groups is 1. The molecule has 0 spiro atoms. The van der Waals surface area contributed by atoms with E-state index in [1.807, 2.05) is 31.2 Å². The fraction of sp³-hybridized carbons (Fsp3) is 0.414. The number of non-ortho nitro benzene ring substituents is 1. The van der Waals surface area contributed by atoms with Crippen molar-refractivity contribution in [3.63, 3.8) is 0 Å². The second-order valence-corrected chi connectivity index (χ2v) is 10.5. The van der Waals surface area contributed by atoms with Crippen molar-refractivity contribution in [1.29, 1.82) is 0 Å². The van der Waals surface area contributed by atoms with E-state index in [4.69, 9.17) is 9.47 Å². The monoisotopic (exact) mass is 552 g/mol. The number of benzene rings is 2. The Labute approximate surface area is 232 Å². The summed E-state index contributed by atoms with van der Waals surface area (Å²) in [7, 11) is 0. The molecule has 0 saturated heterocycles. The third-order valence-corrected chi connectivity index (χ3v) is 6.08. The molecule has 214 valence electrons. The minimum Gasteiger partial charge on any atom is -0.459 e. The molecule has 2 atom stereocenters. The summed E-state index contributed by atoms with van der Waals surface area (Å²) >= 11 is 0. The summed E-state index contributed by atoms with van der Waals surface area (Å²) in [5, 5.41) is 17.2. The van der Waals surface area contributed by atoms with Crippen molar-refractivity contribution in [2.75, 3.05) is 0 Å². The number of para-hydroxylation sites is 1. The standard InChI is InChI=1S/C29H36N4O7/c1-5-6-10-24(27(35)39-18-19-12-14-21(15-13-19)33(37)38)31-26(34)25(32-28(36)40-29(2,3)4)16-20-17-30-23-11-8-7-9-22(20)23/h7-9,11-15,17,24-25,30H,5-6,10,16,18H2,1-4H3,(H,31,34)(H,32,36)/t24-,25+/m1/s1. The number of unbranched alkanes of at least 4 members (excludes halogenated alkanes) is 1. The highest BCUT2D eigenvalue weighted by atomic mass is 16.6. The van der Waals surface area contributed by atoms with Crippen LogP contribution in [0, 0.1) is 10.1 Å². The second kappa shape index (κ2) is 13.6. The van der Waals surface area contributed by atoms with Crippen molar-refractivity contribution < 1.29 is 28.8 Å². The Kier molecular flexibility index (Phi) is 10.2. The van der Waals surface area contributed by atoms with Crippen LogP contribution in [-0.4, -0.2) is 45.6 Å². The molecule has 1 heterocycles. The van der Waals surface area contributed by atoms with Gasteiger partial charge in [-0.2, -0.15) is 0 Å². The van der Waals surface area contributed by atoms with E-state index in [-0.39, 0.29) is 18.7 Å². The second-order valence-electron chi connectivity index (χ2n) is 10.5. The predicted octanol–water partition coefficient (Wildman–Crippen LogP) is 4.93. The molecule has 3 N–H and O–H groups in total. The van der Waals surface area contributed by atoms with Gasteiger partial charge in [0.2, 0.25) is 5.91 Å². The molecule has 3 rings (SSSR count). The van der Waals surface area contributed by atoms with Crippen molar-refractivity contribution in [3.05, 3.63) is 76.0 Å². The Morgan fingerprint density at radius 2 is 1.73 bits per heavy atom. The molecular weight excluding hydrogens is 516 g/mol. The Morgan fingerprint density at radius 1 is 1.02 bits per heavy atom. The Hall–Kier alpha value is -4.41. The summed E-state index contributed by atoms with van der Waals surface area (Å²) in [6.45, 7) is 7.03. The molecule has 40 heavy (non-hydrogen) atoms. The van der Waals surface area contributed by atoms with Gasteiger partial charge in [0.05, 0.1) is 4.92 Å². The number of nitro benzene ring substituents is 1. The van der Waals surface area contributed by atoms with E-state index in [2.05, 4.69) is 15.6 Å². The summed E-state index contributed by atoms with van der Waals surface area (Å²) in [6, 6.07) is 11.3. The van der Waals surface area contributed by atoms with Crippen molar-refractivity contribution in [1.82, 2.24) is 15.6 Å². The number of amides is 2. The lowest BCUT2D eigenvalue weighted by Gasteiger charge is -2.25. The molecule has 0 aliphatic carbocycles. The van der Waals surface area contributed by atoms with E-state index in [1.54, 1.807) is 27.0 Å². The number of fused-ring (bicyclic) bond motifs is 1. The number of nitrogens with zero attached hydrogens (tertiary/aromatic N) is 1. The van der Waals surface area contributed by atoms with Gasteiger partial charge in [-0.05, 0) is 56.5 Å². The molecule has 0 unspecified atom stereocenters. The van der Waals surface area contributed by atoms with Crippen LogP contribution in [0.3, 0.4) is 0 Å². The predicted molar refractivity (Wildman–Crippen MR) is 150 cm³/mol. The van der Waals surface area contributed by atoms with Crippen LogP contribution in [0.1, 0.15) is 58.1 Å². The maximum Gasteiger partial charge on any atom is 0.408 e. The lowest BCUT2D eigenvalue weighted by Crippen LogP contribution is -2.53. The molecule has 0 aliphatic heterocycles. The van der Waals surface area contributed by atoms with E-state index < -0.39 is 40.6 Å². The Morgan fingerprint density at radius 3 is 2.38 bits per heavy atom. The van der Waals surface area contributed by atoms with Crippen LogP contribution in [-0.2, 0) is 32.1 Å². The number of rotatable bonds is 12. The zero-order valence-electron chi connectivity index (χ0n) is 23.2. The van der Waals surface area contributed by atoms with E-state index in [1.165, 1.54) is 24.3 Å². The van der Waals surface area contributed by atoms with Gasteiger partial charge in [0.1, 0.15) is 24.3 Å². The largest absolute Gasteiger partial charge is 0.459 e. The van der Waals surface area contributed by atoms with Gasteiger partial charge in [-0.15, -0.1) is 0 Å². The number of nitrogens with one attached hydrogen (secondary N) is 3. The summed E-state index contributed by atoms with van der Waals surface area (Å²) < 4.78 is 10.8. The van der Waals surface area contributed by atoms with Crippen LogP contribution in [0.25, 0.3) is 10.9 Å². The number of hydrogen-bond donors (Lipinski definition) is 3. The van der Waals surface area contributed by atoms with Crippen LogP contribution in [0.15, 0.2) is 54.7 Å². The van der Waals surface area contributed by atoms with Crippen molar-refractivity contribution >= 4 is 34.6 Å². The van der Waals surface area contributed by atoms with Gasteiger partial charge in [0.15, 0.2) is 0 Å². The number of ether oxygens (including phenoxy) is 2. The molecule has 2 amide bonds. The fourth-order valence-electron chi connectivity index (χ4n) is 4.08. The van der Waals surface area contributed by atoms with Gasteiger partial charge in [-0.25, -0.2) is 9.59 Å². The van der Waals surface area contributed by atoms with E-state index >= 15 is 0 Å². The number of esters is 1. The first-order valence-corrected chi connectivity index (χ1v) is 13.2. The average molecular weight is 553 g/mol. The lowest BCUT2D eigenvalue weighted by molar-refractivity contribution is -0.384. The highest BCUT2D eigenvalue weighted by Crippen LogP contribution is 2.20. The summed E-state index contributed by atoms with van der Waals surface area (Å²) in [4.78, 5) is 52.6. The van der Waals surface area contributed by atoms with Crippen LogP contribution in [0.4, 0.5) is 10.5 Å². The van der Waals surface area contributed by atoms with Crippen molar-refractivity contribution in [3.8, 4) is 0 Å². The molecule has 3 aromatic rings. The zero-order chi connectivity index (χ0) is 29.3. The lowest BCUT2D eigenvalue weighted by atomic mass is 10.0. The summed E-state index contributed by atoms with van der Waals surface area (Å²) in [6.07, 6.45) is 2.98. The van der Waals surface area contributed by atoms with Crippen LogP contribution in [0.5, 0.6) is 0 Å². The van der Waals surface area contributed by atoms with E-state index in [0.717, 1.165) is 22.9 Å². The van der Waals surface area contributed by atoms with Gasteiger partial charge in [-0.3, -0.25) is 14.9 Å². The van der Waals surface area contributed by atoms with Crippen LogP contribution in [0.2, 0.25) is 0 Å². The maximum absolute atomic E-state index is 13.5. The zero-order valence-corrected chi connectivity index (χ0v) is 23.2. The molecule has 0 bridgehead atoms. The van der Waals surface area contributed by atoms with E-state index in [9.17, 15) is 24.5 Å². The molecule has 0 saturated carbocycles. The minimum atomic E-state index is -1.03. The topological polar surface area (TPSA) is 153 Å². The summed E-state index contributed by atoms with van der Waals surface area (Å²) in [5.41, 5.74) is 1.45. The molecule has 11 nitrogen and oxygen atoms in total. The molecule has 0 radical (unpaired) electrons. The van der Waals surface area contributed by atoms with Gasteiger partial charge in [0.25, 0.3) is 5.69 Å². The van der Waals surface area contributed by atoms with Crippen molar-refractivity contribution in [2.45, 2.75) is 77.7 Å². The van der Waals surface area contributed by atoms with Gasteiger partial charge in [-0.1, -0.05) is 38.0 Å². The van der Waals surface area contributed by atoms with E-state index in [0.29, 0.717) is 18.4 Å². The number of alkyl carbamates (subject to hydrolysis) is 1. The third-order valence-electron chi connectivity index (χ3n) is 6.08. The first-order chi connectivity index (χ1) is 19.0. The molecule has 11 heteroatoms. The number of carbonyl (C=O) groups excluding carboxylic acids is 3. The van der Waals surface area contributed by atoms with Crippen LogP contribution >= 0.6 is 0 Å². The number of H-pyrrole nitrogens is 1. The van der Waals surface area contributed by atoms with Crippen molar-refractivity contribution in [2.24, 2.45) is 0 Å². The highest BCUT2D eigenvalue weighted by Gasteiger charge is 2.30. The number of aromatic amines is 1. The molecule has 0 aliphatic rings. The SMILES string of the molecule is CCCC[C@@H](NC(=O)[C@H](Cc1c[nH]c2ccccc12)NC(=O)OC(C)(C)C)C(=O)OCc1ccc([N+](=O)[O-])cc1. The number of carbonyl (C=O) groups is 3. The quantitative estimate of drug-likeness (QED) is 0.164. The maximum atomic E-state index is 13.5.